The van der Waals surface area contributed by atoms with E-state index in [0.29, 0.717) is 16.5 Å². The van der Waals surface area contributed by atoms with E-state index in [1.54, 1.807) is 6.07 Å². The molecular weight excluding hydrogens is 288 g/mol. The molecule has 0 radical (unpaired) electrons. The van der Waals surface area contributed by atoms with Crippen LogP contribution in [0.3, 0.4) is 0 Å². The Labute approximate surface area is 131 Å². The van der Waals surface area contributed by atoms with Crippen molar-refractivity contribution in [3.05, 3.63) is 28.8 Å². The maximum Gasteiger partial charge on any atom is 0.255 e. The molecule has 1 amide bonds. The minimum Gasteiger partial charge on any atom is -0.508 e. The van der Waals surface area contributed by atoms with Crippen LogP contribution in [0.2, 0.25) is 5.02 Å². The molecule has 0 saturated carbocycles. The number of carbonyl (C=O) groups excluding carboxylic acids is 1. The first-order valence-electron chi connectivity index (χ1n) is 7.49. The van der Waals surface area contributed by atoms with Crippen LogP contribution in [0.4, 0.5) is 0 Å². The van der Waals surface area contributed by atoms with Gasteiger partial charge in [-0.2, -0.15) is 0 Å². The first-order valence-corrected chi connectivity index (χ1v) is 7.87. The van der Waals surface area contributed by atoms with Crippen molar-refractivity contribution in [2.24, 2.45) is 5.92 Å². The number of hydrogen-bond donors (Lipinski definition) is 2. The van der Waals surface area contributed by atoms with Crippen LogP contribution >= 0.6 is 11.6 Å². The molecule has 116 valence electrons. The van der Waals surface area contributed by atoms with Crippen molar-refractivity contribution in [2.75, 3.05) is 19.6 Å². The molecule has 0 aromatic heterocycles. The SMILES string of the molecule is CC(C)N(CC1CCCNC1)C(=O)c1cc(O)ccc1Cl. The second-order valence-electron chi connectivity index (χ2n) is 5.93. The molecule has 0 spiro atoms. The van der Waals surface area contributed by atoms with Gasteiger partial charge in [0.15, 0.2) is 0 Å². The summed E-state index contributed by atoms with van der Waals surface area (Å²) in [5.74, 6) is 0.420. The summed E-state index contributed by atoms with van der Waals surface area (Å²) in [7, 11) is 0. The molecule has 0 aliphatic carbocycles. The van der Waals surface area contributed by atoms with Gasteiger partial charge in [-0.1, -0.05) is 11.6 Å². The van der Waals surface area contributed by atoms with Crippen LogP contribution in [0.25, 0.3) is 0 Å². The third-order valence-electron chi connectivity index (χ3n) is 3.92. The zero-order chi connectivity index (χ0) is 15.4. The predicted molar refractivity (Wildman–Crippen MR) is 84.9 cm³/mol. The molecule has 1 atom stereocenters. The lowest BCUT2D eigenvalue weighted by atomic mass is 9.98. The minimum atomic E-state index is -0.114. The summed E-state index contributed by atoms with van der Waals surface area (Å²) in [4.78, 5) is 14.6. The van der Waals surface area contributed by atoms with Gasteiger partial charge in [-0.15, -0.1) is 0 Å². The lowest BCUT2D eigenvalue weighted by Crippen LogP contribution is -2.44. The standard InChI is InChI=1S/C16H23ClN2O2/c1-11(2)19(10-12-4-3-7-18-9-12)16(21)14-8-13(20)5-6-15(14)17/h5-6,8,11-12,18,20H,3-4,7,9-10H2,1-2H3. The van der Waals surface area contributed by atoms with Crippen molar-refractivity contribution in [1.82, 2.24) is 10.2 Å². The van der Waals surface area contributed by atoms with Gasteiger partial charge in [-0.05, 0) is 63.9 Å². The largest absolute Gasteiger partial charge is 0.508 e. The first-order chi connectivity index (χ1) is 9.99. The van der Waals surface area contributed by atoms with E-state index < -0.39 is 0 Å². The van der Waals surface area contributed by atoms with Crippen LogP contribution in [-0.2, 0) is 0 Å². The maximum absolute atomic E-state index is 12.7. The van der Waals surface area contributed by atoms with Crippen LogP contribution < -0.4 is 5.32 Å². The summed E-state index contributed by atoms with van der Waals surface area (Å²) < 4.78 is 0. The Morgan fingerprint density at radius 1 is 1.52 bits per heavy atom. The fourth-order valence-electron chi connectivity index (χ4n) is 2.72. The number of benzene rings is 1. The van der Waals surface area contributed by atoms with Gasteiger partial charge in [-0.3, -0.25) is 4.79 Å². The first kappa shape index (κ1) is 16.1. The lowest BCUT2D eigenvalue weighted by molar-refractivity contribution is 0.0660. The summed E-state index contributed by atoms with van der Waals surface area (Å²) in [6.45, 7) is 6.74. The summed E-state index contributed by atoms with van der Waals surface area (Å²) >= 11 is 6.11. The number of nitrogens with one attached hydrogen (secondary N) is 1. The minimum absolute atomic E-state index is 0.0609. The Morgan fingerprint density at radius 2 is 2.29 bits per heavy atom. The molecule has 1 aliphatic rings. The van der Waals surface area contributed by atoms with Gasteiger partial charge in [0.25, 0.3) is 5.91 Å². The molecule has 1 aliphatic heterocycles. The van der Waals surface area contributed by atoms with Crippen LogP contribution in [-0.4, -0.2) is 41.6 Å². The number of aromatic hydroxyl groups is 1. The zero-order valence-electron chi connectivity index (χ0n) is 12.6. The second-order valence-corrected chi connectivity index (χ2v) is 6.33. The van der Waals surface area contributed by atoms with Crippen molar-refractivity contribution in [3.8, 4) is 5.75 Å². The Morgan fingerprint density at radius 3 is 2.90 bits per heavy atom. The van der Waals surface area contributed by atoms with Crippen molar-refractivity contribution in [3.63, 3.8) is 0 Å². The summed E-state index contributed by atoms with van der Waals surface area (Å²) in [5.41, 5.74) is 0.370. The number of carbonyl (C=O) groups is 1. The molecular formula is C16H23ClN2O2. The molecule has 1 aromatic rings. The van der Waals surface area contributed by atoms with Gasteiger partial charge >= 0.3 is 0 Å². The molecule has 21 heavy (non-hydrogen) atoms. The Bertz CT molecular complexity index is 499. The number of phenolic OH excluding ortho intramolecular Hbond substituents is 1. The maximum atomic E-state index is 12.7. The molecule has 1 heterocycles. The molecule has 2 N–H and O–H groups in total. The molecule has 2 rings (SSSR count). The van der Waals surface area contributed by atoms with E-state index >= 15 is 0 Å². The number of nitrogens with zero attached hydrogens (tertiary/aromatic N) is 1. The fourth-order valence-corrected chi connectivity index (χ4v) is 2.92. The quantitative estimate of drug-likeness (QED) is 0.899. The van der Waals surface area contributed by atoms with E-state index in [1.807, 2.05) is 18.7 Å². The van der Waals surface area contributed by atoms with E-state index in [1.165, 1.54) is 12.1 Å². The summed E-state index contributed by atoms with van der Waals surface area (Å²) in [6.07, 6.45) is 2.29. The van der Waals surface area contributed by atoms with Crippen LogP contribution in [0.1, 0.15) is 37.0 Å². The highest BCUT2D eigenvalue weighted by molar-refractivity contribution is 6.33. The van der Waals surface area contributed by atoms with Crippen LogP contribution in [0, 0.1) is 5.92 Å². The Balaban J connectivity index is 2.16. The van der Waals surface area contributed by atoms with E-state index in [-0.39, 0.29) is 17.7 Å². The molecule has 5 heteroatoms. The zero-order valence-corrected chi connectivity index (χ0v) is 13.4. The molecule has 0 bridgehead atoms. The molecule has 1 fully saturated rings. The van der Waals surface area contributed by atoms with Crippen molar-refractivity contribution in [2.45, 2.75) is 32.7 Å². The topological polar surface area (TPSA) is 52.6 Å². The van der Waals surface area contributed by atoms with Gasteiger partial charge < -0.3 is 15.3 Å². The van der Waals surface area contributed by atoms with E-state index in [9.17, 15) is 9.90 Å². The fraction of sp³-hybridized carbons (Fsp3) is 0.562. The average molecular weight is 311 g/mol. The van der Waals surface area contributed by atoms with Crippen LogP contribution in [0.15, 0.2) is 18.2 Å². The van der Waals surface area contributed by atoms with E-state index in [0.717, 1.165) is 32.5 Å². The normalized spacial score (nSPS) is 18.8. The average Bonchev–Trinajstić information content (AvgIpc) is 2.47. The number of hydrogen-bond acceptors (Lipinski definition) is 3. The van der Waals surface area contributed by atoms with Gasteiger partial charge in [0.05, 0.1) is 10.6 Å². The third kappa shape index (κ3) is 4.11. The van der Waals surface area contributed by atoms with Gasteiger partial charge in [0.1, 0.15) is 5.75 Å². The van der Waals surface area contributed by atoms with Crippen molar-refractivity contribution >= 4 is 17.5 Å². The summed E-state index contributed by atoms with van der Waals surface area (Å²) in [5, 5.41) is 13.3. The second kappa shape index (κ2) is 7.14. The van der Waals surface area contributed by atoms with Crippen molar-refractivity contribution in [1.29, 1.82) is 0 Å². The van der Waals surface area contributed by atoms with Gasteiger partial charge in [0, 0.05) is 12.6 Å². The van der Waals surface area contributed by atoms with E-state index in [2.05, 4.69) is 5.32 Å². The molecule has 1 saturated heterocycles. The molecule has 1 aromatic carbocycles. The molecule has 4 nitrogen and oxygen atoms in total. The highest BCUT2D eigenvalue weighted by atomic mass is 35.5. The smallest absolute Gasteiger partial charge is 0.255 e. The van der Waals surface area contributed by atoms with Gasteiger partial charge in [-0.25, -0.2) is 0 Å². The highest BCUT2D eigenvalue weighted by Gasteiger charge is 2.25. The monoisotopic (exact) mass is 310 g/mol. The highest BCUT2D eigenvalue weighted by Crippen LogP contribution is 2.24. The number of phenols is 1. The number of piperidine rings is 1. The third-order valence-corrected chi connectivity index (χ3v) is 4.25. The number of amides is 1. The van der Waals surface area contributed by atoms with Gasteiger partial charge in [0.2, 0.25) is 0 Å². The summed E-state index contributed by atoms with van der Waals surface area (Å²) in [6, 6.07) is 4.59. The van der Waals surface area contributed by atoms with Crippen LogP contribution in [0.5, 0.6) is 5.75 Å². The lowest BCUT2D eigenvalue weighted by Gasteiger charge is -2.33. The molecule has 1 unspecified atom stereocenters. The predicted octanol–water partition coefficient (Wildman–Crippen LogP) is 2.90. The Kier molecular flexibility index (Phi) is 5.48. The number of rotatable bonds is 4. The number of halogens is 1. The van der Waals surface area contributed by atoms with E-state index in [4.69, 9.17) is 11.6 Å². The Hall–Kier alpha value is -1.26. The van der Waals surface area contributed by atoms with Crippen molar-refractivity contribution < 1.29 is 9.90 Å².